The van der Waals surface area contributed by atoms with Gasteiger partial charge in [-0.2, -0.15) is 4.99 Å². The van der Waals surface area contributed by atoms with Crippen LogP contribution in [0.4, 0.5) is 33.7 Å². The first-order chi connectivity index (χ1) is 20.5. The van der Waals surface area contributed by atoms with Crippen LogP contribution in [0.2, 0.25) is 0 Å². The summed E-state index contributed by atoms with van der Waals surface area (Å²) in [7, 11) is 1.55. The van der Waals surface area contributed by atoms with Crippen molar-refractivity contribution in [3.8, 4) is 22.8 Å². The molecule has 1 unspecified atom stereocenters. The average molecular weight is 615 g/mol. The Balaban J connectivity index is 1.30. The average Bonchev–Trinajstić information content (AvgIpc) is 3.60. The molecule has 3 amide bonds. The SMILES string of the molecule is COC(C)c1ccccc1N1C(=O)CS/C1=N\C(=O)Nc1ccc(-c2ncn(-c3ccc(OC(F)(F)F)cc3)n2)cc1F. The number of halogens is 4. The van der Waals surface area contributed by atoms with Crippen molar-refractivity contribution in [2.45, 2.75) is 19.4 Å². The number of carbonyl (C=O) groups excluding carboxylic acids is 2. The van der Waals surface area contributed by atoms with E-state index in [1.54, 1.807) is 19.2 Å². The molecule has 1 aliphatic rings. The van der Waals surface area contributed by atoms with Gasteiger partial charge in [0.15, 0.2) is 11.0 Å². The predicted octanol–water partition coefficient (Wildman–Crippen LogP) is 6.35. The number of para-hydroxylation sites is 1. The molecule has 0 aliphatic carbocycles. The Morgan fingerprint density at radius 3 is 2.56 bits per heavy atom. The van der Waals surface area contributed by atoms with E-state index in [1.807, 2.05) is 19.1 Å². The maximum atomic E-state index is 15.0. The molecular formula is C28H22F4N6O4S. The van der Waals surface area contributed by atoms with E-state index in [4.69, 9.17) is 4.74 Å². The molecule has 3 aromatic carbocycles. The quantitative estimate of drug-likeness (QED) is 0.242. The standard InChI is InChI=1S/C28H22F4N6O4S/c1-16(41-2)20-5-3-4-6-23(20)38-24(39)14-43-27(38)35-26(40)34-22-12-7-17(13-21(22)29)25-33-15-37(36-25)18-8-10-19(11-9-18)42-28(30,31)32/h3-13,15-16H,14H2,1-2H3,(H,34,40)/b35-27-. The summed E-state index contributed by atoms with van der Waals surface area (Å²) in [6.45, 7) is 1.83. The number of amides is 3. The lowest BCUT2D eigenvalue weighted by Crippen LogP contribution is -2.31. The number of anilines is 2. The van der Waals surface area contributed by atoms with Crippen LogP contribution in [0.3, 0.4) is 0 Å². The first kappa shape index (κ1) is 29.7. The number of amidine groups is 1. The number of rotatable bonds is 7. The van der Waals surface area contributed by atoms with Crippen molar-refractivity contribution in [2.75, 3.05) is 23.1 Å². The van der Waals surface area contributed by atoms with Gasteiger partial charge < -0.3 is 14.8 Å². The number of aromatic nitrogens is 3. The topological polar surface area (TPSA) is 111 Å². The van der Waals surface area contributed by atoms with E-state index < -0.39 is 24.0 Å². The number of ether oxygens (including phenoxy) is 2. The maximum absolute atomic E-state index is 15.0. The van der Waals surface area contributed by atoms with Gasteiger partial charge in [0, 0.05) is 18.2 Å². The highest BCUT2D eigenvalue weighted by atomic mass is 32.2. The van der Waals surface area contributed by atoms with Gasteiger partial charge in [-0.15, -0.1) is 18.3 Å². The highest BCUT2D eigenvalue weighted by Gasteiger charge is 2.33. The van der Waals surface area contributed by atoms with Crippen molar-refractivity contribution >= 4 is 40.2 Å². The number of urea groups is 1. The molecule has 4 aromatic rings. The van der Waals surface area contributed by atoms with Crippen LogP contribution in [-0.2, 0) is 9.53 Å². The highest BCUT2D eigenvalue weighted by Crippen LogP contribution is 2.34. The molecule has 15 heteroatoms. The lowest BCUT2D eigenvalue weighted by molar-refractivity contribution is -0.274. The molecule has 0 bridgehead atoms. The summed E-state index contributed by atoms with van der Waals surface area (Å²) in [6, 6.07) is 15.1. The summed E-state index contributed by atoms with van der Waals surface area (Å²) in [5.74, 6) is -1.23. The summed E-state index contributed by atoms with van der Waals surface area (Å²) >= 11 is 1.08. The molecule has 10 nitrogen and oxygen atoms in total. The van der Waals surface area contributed by atoms with E-state index in [-0.39, 0.29) is 40.0 Å². The molecule has 5 rings (SSSR count). The van der Waals surface area contributed by atoms with Crippen molar-refractivity contribution in [3.05, 3.63) is 84.4 Å². The Morgan fingerprint density at radius 1 is 1.12 bits per heavy atom. The second kappa shape index (κ2) is 12.2. The number of nitrogens with one attached hydrogen (secondary N) is 1. The van der Waals surface area contributed by atoms with E-state index in [2.05, 4.69) is 25.1 Å². The van der Waals surface area contributed by atoms with Crippen LogP contribution < -0.4 is 15.0 Å². The molecule has 1 atom stereocenters. The lowest BCUT2D eigenvalue weighted by Gasteiger charge is -2.22. The smallest absolute Gasteiger partial charge is 0.406 e. The van der Waals surface area contributed by atoms with Gasteiger partial charge in [0.2, 0.25) is 5.91 Å². The Morgan fingerprint density at radius 2 is 1.86 bits per heavy atom. The molecule has 0 saturated carbocycles. The normalized spacial score (nSPS) is 15.2. The molecule has 1 saturated heterocycles. The molecular weight excluding hydrogens is 592 g/mol. The second-order valence-corrected chi connectivity index (χ2v) is 9.97. The minimum Gasteiger partial charge on any atom is -0.406 e. The van der Waals surface area contributed by atoms with Gasteiger partial charge in [0.1, 0.15) is 17.9 Å². The molecule has 2 heterocycles. The van der Waals surface area contributed by atoms with Gasteiger partial charge in [-0.05, 0) is 55.5 Å². The largest absolute Gasteiger partial charge is 0.573 e. The third-order valence-electron chi connectivity index (χ3n) is 6.23. The monoisotopic (exact) mass is 614 g/mol. The Hall–Kier alpha value is -4.76. The molecule has 0 spiro atoms. The Bertz CT molecular complexity index is 1690. The van der Waals surface area contributed by atoms with Crippen molar-refractivity contribution < 1.29 is 36.6 Å². The maximum Gasteiger partial charge on any atom is 0.573 e. The fraction of sp³-hybridized carbons (Fsp3) is 0.179. The summed E-state index contributed by atoms with van der Waals surface area (Å²) in [4.78, 5) is 34.9. The van der Waals surface area contributed by atoms with Gasteiger partial charge in [-0.3, -0.25) is 9.69 Å². The fourth-order valence-electron chi connectivity index (χ4n) is 4.15. The number of alkyl halides is 3. The molecule has 222 valence electrons. The van der Waals surface area contributed by atoms with E-state index in [9.17, 15) is 27.2 Å². The lowest BCUT2D eigenvalue weighted by atomic mass is 10.1. The van der Waals surface area contributed by atoms with Gasteiger partial charge in [-0.25, -0.2) is 18.9 Å². The van der Waals surface area contributed by atoms with Crippen LogP contribution in [0.1, 0.15) is 18.6 Å². The molecule has 1 aliphatic heterocycles. The van der Waals surface area contributed by atoms with Gasteiger partial charge in [0.05, 0.1) is 28.9 Å². The van der Waals surface area contributed by atoms with E-state index in [0.29, 0.717) is 11.4 Å². The molecule has 1 fully saturated rings. The van der Waals surface area contributed by atoms with E-state index >= 15 is 0 Å². The van der Waals surface area contributed by atoms with Gasteiger partial charge in [0.25, 0.3) is 0 Å². The number of carbonyl (C=O) groups is 2. The van der Waals surface area contributed by atoms with Gasteiger partial charge >= 0.3 is 12.4 Å². The number of methoxy groups -OCH3 is 1. The molecule has 1 N–H and O–H groups in total. The molecule has 43 heavy (non-hydrogen) atoms. The first-order valence-corrected chi connectivity index (χ1v) is 13.6. The first-order valence-electron chi connectivity index (χ1n) is 12.6. The summed E-state index contributed by atoms with van der Waals surface area (Å²) in [5.41, 5.74) is 1.79. The summed E-state index contributed by atoms with van der Waals surface area (Å²) in [5, 5.41) is 6.77. The predicted molar refractivity (Wildman–Crippen MR) is 152 cm³/mol. The van der Waals surface area contributed by atoms with Crippen LogP contribution in [0.5, 0.6) is 5.75 Å². The van der Waals surface area contributed by atoms with Crippen molar-refractivity contribution in [1.82, 2.24) is 14.8 Å². The second-order valence-electron chi connectivity index (χ2n) is 9.03. The van der Waals surface area contributed by atoms with Crippen molar-refractivity contribution in [2.24, 2.45) is 4.99 Å². The number of benzene rings is 3. The number of hydrogen-bond donors (Lipinski definition) is 1. The highest BCUT2D eigenvalue weighted by molar-refractivity contribution is 8.15. The third kappa shape index (κ3) is 6.84. The van der Waals surface area contributed by atoms with E-state index in [0.717, 1.165) is 35.5 Å². The minimum absolute atomic E-state index is 0.0794. The van der Waals surface area contributed by atoms with Crippen LogP contribution in [0.15, 0.2) is 78.0 Å². The molecule has 0 radical (unpaired) electrons. The van der Waals surface area contributed by atoms with Crippen LogP contribution >= 0.6 is 11.8 Å². The Kier molecular flexibility index (Phi) is 8.45. The van der Waals surface area contributed by atoms with Crippen molar-refractivity contribution in [3.63, 3.8) is 0 Å². The zero-order chi connectivity index (χ0) is 30.7. The third-order valence-corrected chi connectivity index (χ3v) is 7.15. The molecule has 1 aromatic heterocycles. The van der Waals surface area contributed by atoms with Crippen LogP contribution in [-0.4, -0.2) is 51.1 Å². The Labute approximate surface area is 246 Å². The van der Waals surface area contributed by atoms with E-state index in [1.165, 1.54) is 40.2 Å². The zero-order valence-electron chi connectivity index (χ0n) is 22.5. The summed E-state index contributed by atoms with van der Waals surface area (Å²) < 4.78 is 62.7. The summed E-state index contributed by atoms with van der Waals surface area (Å²) in [6.07, 6.45) is -3.82. The number of aliphatic imine (C=N–C) groups is 1. The van der Waals surface area contributed by atoms with Crippen LogP contribution in [0.25, 0.3) is 17.1 Å². The zero-order valence-corrected chi connectivity index (χ0v) is 23.3. The van der Waals surface area contributed by atoms with Crippen molar-refractivity contribution in [1.29, 1.82) is 0 Å². The fourth-order valence-corrected chi connectivity index (χ4v) is 5.01. The van der Waals surface area contributed by atoms with Crippen LogP contribution in [0, 0.1) is 5.82 Å². The van der Waals surface area contributed by atoms with Gasteiger partial charge in [-0.1, -0.05) is 30.0 Å². The number of hydrogen-bond acceptors (Lipinski definition) is 7. The number of nitrogens with zero attached hydrogens (tertiary/aromatic N) is 5. The minimum atomic E-state index is -4.81. The number of thioether (sulfide) groups is 1.